The molecule has 5 heterocycles. The average Bonchev–Trinajstić information content (AvgIpc) is 3.24. The van der Waals surface area contributed by atoms with Crippen LogP contribution in [0.25, 0.3) is 22.2 Å². The fourth-order valence-electron chi connectivity index (χ4n) is 4.30. The first-order chi connectivity index (χ1) is 14.9. The zero-order valence-corrected chi connectivity index (χ0v) is 16.3. The van der Waals surface area contributed by atoms with E-state index in [1.54, 1.807) is 17.0 Å². The van der Waals surface area contributed by atoms with Gasteiger partial charge in [-0.3, -0.25) is 4.90 Å². The van der Waals surface area contributed by atoms with Gasteiger partial charge in [-0.1, -0.05) is 12.1 Å². The summed E-state index contributed by atoms with van der Waals surface area (Å²) in [5.41, 5.74) is 2.48. The molecule has 0 radical (unpaired) electrons. The minimum absolute atomic E-state index is 0.0206. The van der Waals surface area contributed by atoms with Gasteiger partial charge in [0.05, 0.1) is 5.69 Å². The van der Waals surface area contributed by atoms with Gasteiger partial charge in [0, 0.05) is 42.4 Å². The number of aromatic amines is 1. The van der Waals surface area contributed by atoms with Crippen molar-refractivity contribution in [2.24, 2.45) is 5.92 Å². The summed E-state index contributed by atoms with van der Waals surface area (Å²) in [6.45, 7) is 1.12. The maximum Gasteiger partial charge on any atom is 0.490 e. The van der Waals surface area contributed by atoms with E-state index in [-0.39, 0.29) is 11.8 Å². The number of carbonyl (C=O) groups excluding carboxylic acids is 1. The number of hydrogen-bond donors (Lipinski definition) is 1. The molecule has 10 heteroatoms. The second kappa shape index (κ2) is 7.52. The number of nitrogens with zero attached hydrogens (tertiary/aromatic N) is 3. The lowest BCUT2D eigenvalue weighted by Gasteiger charge is -2.48. The molecule has 1 N–H and O–H groups in total. The van der Waals surface area contributed by atoms with Crippen molar-refractivity contribution in [1.29, 1.82) is 0 Å². The molecule has 3 aliphatic rings. The topological polar surface area (TPSA) is 80.3 Å². The molecule has 0 spiro atoms. The molecule has 2 bridgehead atoms. The normalized spacial score (nSPS) is 25.5. The Bertz CT molecular complexity index is 1090. The van der Waals surface area contributed by atoms with Crippen LogP contribution in [-0.2, 0) is 9.53 Å². The minimum atomic E-state index is -5.05. The Morgan fingerprint density at radius 1 is 1.10 bits per heavy atom. The maximum atomic E-state index is 12.7. The third kappa shape index (κ3) is 3.83. The lowest BCUT2D eigenvalue weighted by Crippen LogP contribution is -2.61. The first kappa shape index (κ1) is 19.8. The molecule has 2 aromatic heterocycles. The fraction of sp³-hybridized carbons (Fsp3) is 0.381. The Kier molecular flexibility index (Phi) is 4.81. The summed E-state index contributed by atoms with van der Waals surface area (Å²) in [6.07, 6.45) is -3.52. The second-order valence-electron chi connectivity index (χ2n) is 7.79. The molecule has 7 nitrogen and oxygen atoms in total. The molecule has 0 aliphatic carbocycles. The van der Waals surface area contributed by atoms with Crippen LogP contribution in [0.4, 0.5) is 13.2 Å². The number of aromatic nitrogens is 3. The van der Waals surface area contributed by atoms with Gasteiger partial charge in [-0.25, -0.2) is 4.79 Å². The molecule has 0 saturated carbocycles. The second-order valence-corrected chi connectivity index (χ2v) is 7.79. The van der Waals surface area contributed by atoms with Crippen LogP contribution in [0.15, 0.2) is 42.6 Å². The largest absolute Gasteiger partial charge is 0.490 e. The smallest absolute Gasteiger partial charge is 0.468 e. The molecule has 31 heavy (non-hydrogen) atoms. The predicted octanol–water partition coefficient (Wildman–Crippen LogP) is 3.53. The number of halogens is 3. The molecule has 3 saturated heterocycles. The van der Waals surface area contributed by atoms with Crippen LogP contribution in [-0.4, -0.2) is 57.6 Å². The van der Waals surface area contributed by atoms with Crippen molar-refractivity contribution in [2.45, 2.75) is 31.3 Å². The maximum absolute atomic E-state index is 12.7. The zero-order valence-electron chi connectivity index (χ0n) is 16.3. The highest BCUT2D eigenvalue weighted by molar-refractivity contribution is 5.84. The number of esters is 1. The third-order valence-corrected chi connectivity index (χ3v) is 5.89. The standard InChI is InChI=1S/C21H19F3N4O3/c22-21(23,24)20(29)31-19-18(13-6-9-28(19)10-7-13)30-17-4-3-15(26-27-17)14-2-1-12-5-8-25-16(12)11-14/h1-5,8,11,13,18-19,25H,6-7,9-10H2/t18-,19?/m1/s1. The van der Waals surface area contributed by atoms with Crippen molar-refractivity contribution < 1.29 is 27.4 Å². The number of hydrogen-bond acceptors (Lipinski definition) is 6. The summed E-state index contributed by atoms with van der Waals surface area (Å²) in [5, 5.41) is 9.38. The lowest BCUT2D eigenvalue weighted by molar-refractivity contribution is -0.233. The van der Waals surface area contributed by atoms with Crippen LogP contribution in [0.5, 0.6) is 5.88 Å². The van der Waals surface area contributed by atoms with E-state index in [9.17, 15) is 18.0 Å². The Morgan fingerprint density at radius 2 is 1.90 bits per heavy atom. The monoisotopic (exact) mass is 432 g/mol. The van der Waals surface area contributed by atoms with E-state index in [4.69, 9.17) is 9.47 Å². The minimum Gasteiger partial charge on any atom is -0.468 e. The van der Waals surface area contributed by atoms with Gasteiger partial charge < -0.3 is 14.5 Å². The van der Waals surface area contributed by atoms with Gasteiger partial charge in [-0.15, -0.1) is 10.2 Å². The van der Waals surface area contributed by atoms with Gasteiger partial charge >= 0.3 is 12.1 Å². The SMILES string of the molecule is O=C(OC1[C@H](Oc2ccc(-c3ccc4cc[nH]c4c3)nn2)C2CCN1CC2)C(F)(F)F. The number of alkyl halides is 3. The van der Waals surface area contributed by atoms with Gasteiger partial charge in [0.2, 0.25) is 5.88 Å². The Hall–Kier alpha value is -3.14. The van der Waals surface area contributed by atoms with Crippen LogP contribution < -0.4 is 4.74 Å². The van der Waals surface area contributed by atoms with Crippen molar-refractivity contribution in [3.8, 4) is 17.1 Å². The molecular formula is C21H19F3N4O3. The number of H-pyrrole nitrogens is 1. The average molecular weight is 432 g/mol. The highest BCUT2D eigenvalue weighted by atomic mass is 19.4. The van der Waals surface area contributed by atoms with Crippen molar-refractivity contribution in [3.05, 3.63) is 42.6 Å². The molecule has 0 amide bonds. The van der Waals surface area contributed by atoms with E-state index in [1.807, 2.05) is 30.5 Å². The Labute approximate surface area is 175 Å². The zero-order chi connectivity index (χ0) is 21.6. The van der Waals surface area contributed by atoms with Crippen molar-refractivity contribution in [3.63, 3.8) is 0 Å². The number of ether oxygens (including phenoxy) is 2. The van der Waals surface area contributed by atoms with E-state index in [0.29, 0.717) is 18.8 Å². The van der Waals surface area contributed by atoms with Gasteiger partial charge in [0.1, 0.15) is 0 Å². The Balaban J connectivity index is 1.34. The van der Waals surface area contributed by atoms with Gasteiger partial charge in [-0.2, -0.15) is 13.2 Å². The number of nitrogens with one attached hydrogen (secondary N) is 1. The van der Waals surface area contributed by atoms with Gasteiger partial charge in [0.15, 0.2) is 12.3 Å². The molecule has 162 valence electrons. The number of fused-ring (bicyclic) bond motifs is 4. The first-order valence-corrected chi connectivity index (χ1v) is 9.98. The summed E-state index contributed by atoms with van der Waals surface area (Å²) in [5.74, 6) is -2.05. The van der Waals surface area contributed by atoms with Crippen LogP contribution in [0.1, 0.15) is 12.8 Å². The van der Waals surface area contributed by atoms with Gasteiger partial charge in [0.25, 0.3) is 0 Å². The molecule has 3 aliphatic heterocycles. The quantitative estimate of drug-likeness (QED) is 0.636. The lowest BCUT2D eigenvalue weighted by atomic mass is 9.84. The van der Waals surface area contributed by atoms with Crippen molar-refractivity contribution >= 4 is 16.9 Å². The number of piperidine rings is 3. The van der Waals surface area contributed by atoms with Crippen LogP contribution in [0.2, 0.25) is 0 Å². The Morgan fingerprint density at radius 3 is 2.61 bits per heavy atom. The van der Waals surface area contributed by atoms with Crippen LogP contribution >= 0.6 is 0 Å². The molecule has 2 atom stereocenters. The summed E-state index contributed by atoms with van der Waals surface area (Å²) in [4.78, 5) is 16.3. The van der Waals surface area contributed by atoms with Crippen LogP contribution in [0, 0.1) is 5.92 Å². The highest BCUT2D eigenvalue weighted by Gasteiger charge is 2.50. The number of benzene rings is 1. The fourth-order valence-corrected chi connectivity index (χ4v) is 4.30. The summed E-state index contributed by atoms with van der Waals surface area (Å²) in [6, 6.07) is 11.2. The molecule has 1 unspecified atom stereocenters. The highest BCUT2D eigenvalue weighted by Crippen LogP contribution is 2.36. The number of carbonyl (C=O) groups is 1. The van der Waals surface area contributed by atoms with Gasteiger partial charge in [-0.05, 0) is 36.4 Å². The first-order valence-electron chi connectivity index (χ1n) is 9.98. The van der Waals surface area contributed by atoms with Crippen molar-refractivity contribution in [2.75, 3.05) is 13.1 Å². The summed E-state index contributed by atoms with van der Waals surface area (Å²) >= 11 is 0. The third-order valence-electron chi connectivity index (χ3n) is 5.89. The summed E-state index contributed by atoms with van der Waals surface area (Å²) in [7, 11) is 0. The van der Waals surface area contributed by atoms with E-state index < -0.39 is 24.5 Å². The summed E-state index contributed by atoms with van der Waals surface area (Å²) < 4.78 is 48.9. The molecule has 1 aromatic carbocycles. The molecule has 3 aromatic rings. The van der Waals surface area contributed by atoms with E-state index >= 15 is 0 Å². The van der Waals surface area contributed by atoms with Crippen LogP contribution in [0.3, 0.4) is 0 Å². The molecular weight excluding hydrogens is 413 g/mol. The van der Waals surface area contributed by atoms with E-state index in [0.717, 1.165) is 29.3 Å². The molecule has 3 fully saturated rings. The number of rotatable bonds is 4. The van der Waals surface area contributed by atoms with E-state index in [1.165, 1.54) is 0 Å². The van der Waals surface area contributed by atoms with Crippen molar-refractivity contribution in [1.82, 2.24) is 20.1 Å². The molecule has 6 rings (SSSR count). The van der Waals surface area contributed by atoms with E-state index in [2.05, 4.69) is 15.2 Å². The predicted molar refractivity (Wildman–Crippen MR) is 104 cm³/mol.